The zero-order chi connectivity index (χ0) is 13.8. The van der Waals surface area contributed by atoms with Crippen molar-refractivity contribution in [2.24, 2.45) is 0 Å². The number of ether oxygens (including phenoxy) is 1. The first-order valence-corrected chi connectivity index (χ1v) is 4.76. The minimum atomic E-state index is -4.74. The van der Waals surface area contributed by atoms with E-state index in [0.29, 0.717) is 5.69 Å². The Morgan fingerprint density at radius 3 is 2.28 bits per heavy atom. The fraction of sp³-hybridized carbons (Fsp3) is 0.300. The lowest BCUT2D eigenvalue weighted by Gasteiger charge is -2.15. The topological polar surface area (TPSA) is 50.8 Å². The molecule has 0 saturated heterocycles. The van der Waals surface area contributed by atoms with Crippen molar-refractivity contribution in [2.45, 2.75) is 6.36 Å². The van der Waals surface area contributed by atoms with Gasteiger partial charge in [0.1, 0.15) is 5.75 Å². The smallest absolute Gasteiger partial charge is 0.406 e. The Hall–Kier alpha value is -1.96. The molecule has 0 bridgehead atoms. The Morgan fingerprint density at radius 1 is 1.28 bits per heavy atom. The molecule has 8 heteroatoms. The molecule has 100 valence electrons. The number of urea groups is 1. The van der Waals surface area contributed by atoms with E-state index in [1.54, 1.807) is 0 Å². The monoisotopic (exact) mass is 264 g/mol. The molecule has 1 aromatic rings. The predicted octanol–water partition coefficient (Wildman–Crippen LogP) is 2.61. The van der Waals surface area contributed by atoms with Crippen molar-refractivity contribution >= 4 is 11.7 Å². The first-order chi connectivity index (χ1) is 8.31. The van der Waals surface area contributed by atoms with Crippen LogP contribution >= 0.6 is 0 Å². The summed E-state index contributed by atoms with van der Waals surface area (Å²) in [6.07, 6.45) is -4.74. The van der Waals surface area contributed by atoms with Crippen molar-refractivity contribution < 1.29 is 27.5 Å². The third-order valence-electron chi connectivity index (χ3n) is 1.90. The van der Waals surface area contributed by atoms with E-state index in [2.05, 4.69) is 14.9 Å². The maximum absolute atomic E-state index is 11.9. The van der Waals surface area contributed by atoms with Crippen molar-refractivity contribution in [1.82, 2.24) is 5.06 Å². The summed E-state index contributed by atoms with van der Waals surface area (Å²) in [4.78, 5) is 16.0. The Balaban J connectivity index is 2.63. The molecule has 0 radical (unpaired) electrons. The molecule has 1 aromatic carbocycles. The largest absolute Gasteiger partial charge is 0.573 e. The van der Waals surface area contributed by atoms with Crippen molar-refractivity contribution in [3.63, 3.8) is 0 Å². The molecular weight excluding hydrogens is 253 g/mol. The van der Waals surface area contributed by atoms with Crippen LogP contribution < -0.4 is 10.1 Å². The van der Waals surface area contributed by atoms with Gasteiger partial charge in [0.05, 0.1) is 7.11 Å². The van der Waals surface area contributed by atoms with E-state index in [-0.39, 0.29) is 5.75 Å². The number of carbonyl (C=O) groups excluding carboxylic acids is 1. The average molecular weight is 264 g/mol. The van der Waals surface area contributed by atoms with Gasteiger partial charge in [-0.25, -0.2) is 9.86 Å². The number of hydrogen-bond donors (Lipinski definition) is 1. The third-order valence-corrected chi connectivity index (χ3v) is 1.90. The highest BCUT2D eigenvalue weighted by molar-refractivity contribution is 5.88. The predicted molar refractivity (Wildman–Crippen MR) is 56.9 cm³/mol. The summed E-state index contributed by atoms with van der Waals surface area (Å²) >= 11 is 0. The zero-order valence-electron chi connectivity index (χ0n) is 9.62. The molecule has 0 aliphatic heterocycles. The van der Waals surface area contributed by atoms with Crippen molar-refractivity contribution in [3.05, 3.63) is 24.3 Å². The Labute approximate surface area is 101 Å². The normalized spacial score (nSPS) is 10.9. The lowest BCUT2D eigenvalue weighted by molar-refractivity contribution is -0.274. The number of amides is 2. The van der Waals surface area contributed by atoms with E-state index in [9.17, 15) is 18.0 Å². The quantitative estimate of drug-likeness (QED) is 0.854. The van der Waals surface area contributed by atoms with Gasteiger partial charge in [0, 0.05) is 12.7 Å². The highest BCUT2D eigenvalue weighted by Gasteiger charge is 2.30. The van der Waals surface area contributed by atoms with Gasteiger partial charge in [-0.3, -0.25) is 4.84 Å². The number of hydroxylamine groups is 2. The Bertz CT molecular complexity index is 406. The van der Waals surface area contributed by atoms with Crippen LogP contribution in [0.4, 0.5) is 23.7 Å². The summed E-state index contributed by atoms with van der Waals surface area (Å²) in [6, 6.07) is 4.19. The van der Waals surface area contributed by atoms with Crippen molar-refractivity contribution in [2.75, 3.05) is 19.5 Å². The molecule has 2 amide bonds. The van der Waals surface area contributed by atoms with Gasteiger partial charge >= 0.3 is 12.4 Å². The Morgan fingerprint density at radius 2 is 1.83 bits per heavy atom. The van der Waals surface area contributed by atoms with E-state index >= 15 is 0 Å². The number of carbonyl (C=O) groups is 1. The second-order valence-electron chi connectivity index (χ2n) is 3.18. The van der Waals surface area contributed by atoms with Gasteiger partial charge in [0.2, 0.25) is 0 Å². The molecular formula is C10H11F3N2O3. The van der Waals surface area contributed by atoms with Crippen molar-refractivity contribution in [1.29, 1.82) is 0 Å². The SMILES string of the molecule is CON(C)C(=O)Nc1ccc(OC(F)(F)F)cc1. The second kappa shape index (κ2) is 5.58. The van der Waals surface area contributed by atoms with Gasteiger partial charge in [-0.2, -0.15) is 0 Å². The number of nitrogens with one attached hydrogen (secondary N) is 1. The molecule has 0 aromatic heterocycles. The van der Waals surface area contributed by atoms with Crippen LogP contribution in [0.1, 0.15) is 0 Å². The summed E-state index contributed by atoms with van der Waals surface area (Å²) in [6.45, 7) is 0. The summed E-state index contributed by atoms with van der Waals surface area (Å²) in [5, 5.41) is 3.34. The van der Waals surface area contributed by atoms with Gasteiger partial charge in [-0.1, -0.05) is 0 Å². The van der Waals surface area contributed by atoms with Crippen LogP contribution in [0.5, 0.6) is 5.75 Å². The van der Waals surface area contributed by atoms with Crippen molar-refractivity contribution in [3.8, 4) is 5.75 Å². The molecule has 0 atom stereocenters. The fourth-order valence-electron chi connectivity index (χ4n) is 1.03. The summed E-state index contributed by atoms with van der Waals surface area (Å²) < 4.78 is 39.3. The molecule has 1 N–H and O–H groups in total. The van der Waals surface area contributed by atoms with Crippen LogP contribution in [-0.4, -0.2) is 31.6 Å². The number of nitrogens with zero attached hydrogens (tertiary/aromatic N) is 1. The standard InChI is InChI=1S/C10H11F3N2O3/c1-15(17-2)9(16)14-7-3-5-8(6-4-7)18-10(11,12)13/h3-6H,1-2H3,(H,14,16). The minimum absolute atomic E-state index is 0.318. The van der Waals surface area contributed by atoms with Gasteiger partial charge in [-0.15, -0.1) is 13.2 Å². The van der Waals surface area contributed by atoms with Gasteiger partial charge in [0.25, 0.3) is 0 Å². The van der Waals surface area contributed by atoms with E-state index in [0.717, 1.165) is 17.2 Å². The molecule has 0 aliphatic rings. The van der Waals surface area contributed by atoms with Crippen LogP contribution in [0.15, 0.2) is 24.3 Å². The second-order valence-corrected chi connectivity index (χ2v) is 3.18. The molecule has 0 spiro atoms. The molecule has 5 nitrogen and oxygen atoms in total. The third kappa shape index (κ3) is 4.50. The number of hydrogen-bond acceptors (Lipinski definition) is 3. The summed E-state index contributed by atoms with van der Waals surface area (Å²) in [5.74, 6) is -0.361. The maximum atomic E-state index is 11.9. The van der Waals surface area contributed by atoms with Crippen LogP contribution in [0, 0.1) is 0 Å². The van der Waals surface area contributed by atoms with Gasteiger partial charge in [0.15, 0.2) is 0 Å². The first kappa shape index (κ1) is 14.1. The number of alkyl halides is 3. The number of anilines is 1. The lowest BCUT2D eigenvalue weighted by Crippen LogP contribution is -2.30. The number of rotatable bonds is 3. The molecule has 0 fully saturated rings. The van der Waals surface area contributed by atoms with E-state index in [4.69, 9.17) is 0 Å². The molecule has 18 heavy (non-hydrogen) atoms. The molecule has 1 rings (SSSR count). The van der Waals surface area contributed by atoms with E-state index in [1.165, 1.54) is 26.3 Å². The van der Waals surface area contributed by atoms with Crippen LogP contribution in [0.25, 0.3) is 0 Å². The van der Waals surface area contributed by atoms with Gasteiger partial charge in [-0.05, 0) is 24.3 Å². The van der Waals surface area contributed by atoms with Gasteiger partial charge < -0.3 is 10.1 Å². The molecule has 0 heterocycles. The highest BCUT2D eigenvalue weighted by Crippen LogP contribution is 2.23. The fourth-order valence-corrected chi connectivity index (χ4v) is 1.03. The molecule has 0 saturated carbocycles. The van der Waals surface area contributed by atoms with Crippen LogP contribution in [0.3, 0.4) is 0 Å². The molecule has 0 aliphatic carbocycles. The van der Waals surface area contributed by atoms with Crippen LogP contribution in [-0.2, 0) is 4.84 Å². The zero-order valence-corrected chi connectivity index (χ0v) is 9.62. The minimum Gasteiger partial charge on any atom is -0.406 e. The Kier molecular flexibility index (Phi) is 4.38. The van der Waals surface area contributed by atoms with E-state index < -0.39 is 12.4 Å². The molecule has 0 unspecified atom stereocenters. The first-order valence-electron chi connectivity index (χ1n) is 4.76. The van der Waals surface area contributed by atoms with E-state index in [1.807, 2.05) is 0 Å². The lowest BCUT2D eigenvalue weighted by atomic mass is 10.3. The highest BCUT2D eigenvalue weighted by atomic mass is 19.4. The number of halogens is 3. The van der Waals surface area contributed by atoms with Crippen LogP contribution in [0.2, 0.25) is 0 Å². The average Bonchev–Trinajstić information content (AvgIpc) is 2.28. The maximum Gasteiger partial charge on any atom is 0.573 e. The summed E-state index contributed by atoms with van der Waals surface area (Å²) in [7, 11) is 2.69. The summed E-state index contributed by atoms with van der Waals surface area (Å²) in [5.41, 5.74) is 0.318. The number of benzene rings is 1.